The van der Waals surface area contributed by atoms with Crippen molar-refractivity contribution < 1.29 is 24.5 Å². The van der Waals surface area contributed by atoms with Gasteiger partial charge in [-0.05, 0) is 25.3 Å². The van der Waals surface area contributed by atoms with Crippen LogP contribution < -0.4 is 4.74 Å². The predicted octanol–water partition coefficient (Wildman–Crippen LogP) is 3.74. The van der Waals surface area contributed by atoms with Gasteiger partial charge in [-0.15, -0.1) is 18.2 Å². The molecular weight excluding hydrogens is 390 g/mol. The molecule has 2 N–H and O–H groups in total. The van der Waals surface area contributed by atoms with Gasteiger partial charge in [0, 0.05) is 28.3 Å². The Bertz CT molecular complexity index is 936. The Hall–Kier alpha value is -3.21. The average molecular weight is 411 g/mol. The highest BCUT2D eigenvalue weighted by atomic mass is 32.2. The van der Waals surface area contributed by atoms with Gasteiger partial charge in [-0.2, -0.15) is 0 Å². The third-order valence-corrected chi connectivity index (χ3v) is 4.89. The van der Waals surface area contributed by atoms with Crippen LogP contribution in [0.1, 0.15) is 11.1 Å². The van der Waals surface area contributed by atoms with Crippen molar-refractivity contribution in [1.29, 1.82) is 0 Å². The molecule has 0 aliphatic carbocycles. The van der Waals surface area contributed by atoms with Gasteiger partial charge in [0.2, 0.25) is 0 Å². The number of fused-ring (bicyclic) bond motifs is 2. The van der Waals surface area contributed by atoms with Crippen molar-refractivity contribution in [2.24, 2.45) is 0 Å². The predicted molar refractivity (Wildman–Crippen MR) is 115 cm³/mol. The maximum Gasteiger partial charge on any atom is 0.414 e. The summed E-state index contributed by atoms with van der Waals surface area (Å²) in [5, 5.41) is 14.8. The number of hydrogen-bond donors (Lipinski definition) is 2. The van der Waals surface area contributed by atoms with Crippen molar-refractivity contribution in [3.05, 3.63) is 59.7 Å². The van der Waals surface area contributed by atoms with E-state index in [2.05, 4.69) is 35.1 Å². The van der Waals surface area contributed by atoms with Crippen LogP contribution in [-0.4, -0.2) is 52.9 Å². The molecule has 0 aromatic heterocycles. The monoisotopic (exact) mass is 411 g/mol. The number of terminal acetylenes is 1. The summed E-state index contributed by atoms with van der Waals surface area (Å²) in [5.41, 5.74) is 2.26. The van der Waals surface area contributed by atoms with Crippen molar-refractivity contribution in [3.8, 4) is 23.8 Å². The fourth-order valence-electron chi connectivity index (χ4n) is 2.46. The van der Waals surface area contributed by atoms with Crippen molar-refractivity contribution in [3.63, 3.8) is 0 Å². The molecule has 2 aromatic rings. The van der Waals surface area contributed by atoms with E-state index < -0.39 is 11.9 Å². The van der Waals surface area contributed by atoms with Gasteiger partial charge in [0.1, 0.15) is 11.5 Å². The number of rotatable bonds is 5. The first-order valence-corrected chi connectivity index (χ1v) is 9.70. The molecule has 29 heavy (non-hydrogen) atoms. The summed E-state index contributed by atoms with van der Waals surface area (Å²) in [6, 6.07) is 16.3. The SMILES string of the molecule is C#CCN(C)CCSC1=Cc2ccccc2Oc2ccccc21.O=C(O)C(=O)O. The topological polar surface area (TPSA) is 87.1 Å². The Labute approximate surface area is 173 Å². The van der Waals surface area contributed by atoms with Crippen molar-refractivity contribution in [1.82, 2.24) is 4.90 Å². The highest BCUT2D eigenvalue weighted by Crippen LogP contribution is 2.42. The van der Waals surface area contributed by atoms with Gasteiger partial charge >= 0.3 is 11.9 Å². The van der Waals surface area contributed by atoms with Crippen LogP contribution in [0.5, 0.6) is 11.5 Å². The van der Waals surface area contributed by atoms with E-state index in [4.69, 9.17) is 31.0 Å². The maximum atomic E-state index is 9.10. The second kappa shape index (κ2) is 11.0. The van der Waals surface area contributed by atoms with E-state index in [-0.39, 0.29) is 0 Å². The molecule has 1 aliphatic rings. The average Bonchev–Trinajstić information content (AvgIpc) is 2.85. The van der Waals surface area contributed by atoms with E-state index in [1.807, 2.05) is 49.1 Å². The molecule has 150 valence electrons. The standard InChI is InChI=1S/C20H19NOS.C2H2O4/c1-3-12-21(2)13-14-23-20-15-16-8-4-6-10-18(16)22-19-11-7-5-9-17(19)20;3-1(4)2(5)6/h1,4-11,15H,12-14H2,2H3;(H,3,4)(H,5,6). The zero-order valence-electron chi connectivity index (χ0n) is 15.9. The number of benzene rings is 2. The van der Waals surface area contributed by atoms with E-state index in [1.54, 1.807) is 0 Å². The lowest BCUT2D eigenvalue weighted by Crippen LogP contribution is -2.21. The summed E-state index contributed by atoms with van der Waals surface area (Å²) in [7, 11) is 2.05. The van der Waals surface area contributed by atoms with Gasteiger partial charge in [0.15, 0.2) is 0 Å². The number of thioether (sulfide) groups is 1. The molecule has 0 unspecified atom stereocenters. The first-order valence-electron chi connectivity index (χ1n) is 8.71. The van der Waals surface area contributed by atoms with Gasteiger partial charge in [-0.1, -0.05) is 42.3 Å². The minimum Gasteiger partial charge on any atom is -0.473 e. The van der Waals surface area contributed by atoms with E-state index in [0.717, 1.165) is 34.9 Å². The van der Waals surface area contributed by atoms with Gasteiger partial charge in [0.25, 0.3) is 0 Å². The van der Waals surface area contributed by atoms with Gasteiger partial charge < -0.3 is 14.9 Å². The molecule has 0 saturated carbocycles. The smallest absolute Gasteiger partial charge is 0.414 e. The van der Waals surface area contributed by atoms with Crippen LogP contribution in [0, 0.1) is 12.3 Å². The zero-order chi connectivity index (χ0) is 21.2. The van der Waals surface area contributed by atoms with Crippen LogP contribution in [0.2, 0.25) is 0 Å². The van der Waals surface area contributed by atoms with Crippen molar-refractivity contribution in [2.75, 3.05) is 25.9 Å². The molecule has 3 rings (SSSR count). The number of ether oxygens (including phenoxy) is 1. The first-order chi connectivity index (χ1) is 13.9. The number of para-hydroxylation sites is 2. The summed E-state index contributed by atoms with van der Waals surface area (Å²) in [6.45, 7) is 1.64. The fraction of sp³-hybridized carbons (Fsp3) is 0.182. The molecule has 0 spiro atoms. The van der Waals surface area contributed by atoms with E-state index in [0.29, 0.717) is 6.54 Å². The highest BCUT2D eigenvalue weighted by Gasteiger charge is 2.16. The number of aliphatic carboxylic acids is 2. The van der Waals surface area contributed by atoms with Crippen LogP contribution in [0.3, 0.4) is 0 Å². The molecule has 0 bridgehead atoms. The van der Waals surface area contributed by atoms with Crippen LogP contribution in [0.25, 0.3) is 11.0 Å². The normalized spacial score (nSPS) is 11.4. The van der Waals surface area contributed by atoms with Crippen LogP contribution in [0.4, 0.5) is 0 Å². The zero-order valence-corrected chi connectivity index (χ0v) is 16.7. The number of carboxylic acid groups (broad SMARTS) is 2. The van der Waals surface area contributed by atoms with E-state index in [1.165, 1.54) is 4.91 Å². The quantitative estimate of drug-likeness (QED) is 0.572. The summed E-state index contributed by atoms with van der Waals surface area (Å²) >= 11 is 1.84. The summed E-state index contributed by atoms with van der Waals surface area (Å²) < 4.78 is 6.10. The largest absolute Gasteiger partial charge is 0.473 e. The van der Waals surface area contributed by atoms with Crippen LogP contribution in [-0.2, 0) is 9.59 Å². The number of hydrogen-bond acceptors (Lipinski definition) is 5. The Balaban J connectivity index is 0.000000438. The minimum atomic E-state index is -1.82. The molecule has 1 aliphatic heterocycles. The molecule has 0 fully saturated rings. The molecule has 0 saturated heterocycles. The molecule has 0 amide bonds. The second-order valence-corrected chi connectivity index (χ2v) is 7.18. The van der Waals surface area contributed by atoms with Crippen molar-refractivity contribution >= 4 is 34.7 Å². The Morgan fingerprint density at radius 1 is 1.07 bits per heavy atom. The second-order valence-electron chi connectivity index (χ2n) is 6.05. The summed E-state index contributed by atoms with van der Waals surface area (Å²) in [5.74, 6) is 1.83. The number of carbonyl (C=O) groups is 2. The summed E-state index contributed by atoms with van der Waals surface area (Å²) in [6.07, 6.45) is 7.57. The highest BCUT2D eigenvalue weighted by molar-refractivity contribution is 8.08. The molecule has 0 radical (unpaired) electrons. The molecule has 0 atom stereocenters. The third kappa shape index (κ3) is 6.71. The molecule has 1 heterocycles. The number of nitrogens with zero attached hydrogens (tertiary/aromatic N) is 1. The summed E-state index contributed by atoms with van der Waals surface area (Å²) in [4.78, 5) is 21.6. The molecular formula is C22H21NO5S. The third-order valence-electron chi connectivity index (χ3n) is 3.85. The van der Waals surface area contributed by atoms with Crippen LogP contribution >= 0.6 is 11.8 Å². The lowest BCUT2D eigenvalue weighted by molar-refractivity contribution is -0.159. The van der Waals surface area contributed by atoms with Gasteiger partial charge in [0.05, 0.1) is 6.54 Å². The lowest BCUT2D eigenvalue weighted by atomic mass is 10.1. The molecule has 2 aromatic carbocycles. The lowest BCUT2D eigenvalue weighted by Gasteiger charge is -2.14. The van der Waals surface area contributed by atoms with Crippen LogP contribution in [0.15, 0.2) is 48.5 Å². The maximum absolute atomic E-state index is 9.10. The van der Waals surface area contributed by atoms with E-state index >= 15 is 0 Å². The Kier molecular flexibility index (Phi) is 8.34. The van der Waals surface area contributed by atoms with Crippen molar-refractivity contribution in [2.45, 2.75) is 0 Å². The Morgan fingerprint density at radius 2 is 1.69 bits per heavy atom. The minimum absolute atomic E-state index is 0.683. The first kappa shape index (κ1) is 22.1. The van der Waals surface area contributed by atoms with Gasteiger partial charge in [-0.3, -0.25) is 4.90 Å². The van der Waals surface area contributed by atoms with E-state index in [9.17, 15) is 0 Å². The van der Waals surface area contributed by atoms with Gasteiger partial charge in [-0.25, -0.2) is 9.59 Å². The molecule has 7 heteroatoms. The Morgan fingerprint density at radius 3 is 2.34 bits per heavy atom. The fourth-order valence-corrected chi connectivity index (χ4v) is 3.61. The number of carboxylic acids is 2. The molecule has 6 nitrogen and oxygen atoms in total.